The molecule has 1 N–H and O–H groups in total. The molecule has 0 amide bonds. The summed E-state index contributed by atoms with van der Waals surface area (Å²) in [5.74, 6) is -0.305. The highest BCUT2D eigenvalue weighted by Crippen LogP contribution is 2.28. The maximum absolute atomic E-state index is 13.8. The van der Waals surface area contributed by atoms with Gasteiger partial charge >= 0.3 is 0 Å². The summed E-state index contributed by atoms with van der Waals surface area (Å²) in [6, 6.07) is 12.5. The zero-order valence-corrected chi connectivity index (χ0v) is 14.1. The van der Waals surface area contributed by atoms with Crippen LogP contribution in [0.3, 0.4) is 0 Å². The molecular formula is C15H13BrFIO. The lowest BCUT2D eigenvalue weighted by Crippen LogP contribution is -2.24. The molecule has 0 aromatic heterocycles. The van der Waals surface area contributed by atoms with Crippen LogP contribution in [0.5, 0.6) is 0 Å². The van der Waals surface area contributed by atoms with Crippen LogP contribution < -0.4 is 0 Å². The first kappa shape index (κ1) is 14.9. The van der Waals surface area contributed by atoms with Crippen molar-refractivity contribution in [1.29, 1.82) is 0 Å². The maximum Gasteiger partial charge on any atom is 0.127 e. The molecule has 0 aliphatic heterocycles. The Labute approximate surface area is 134 Å². The minimum absolute atomic E-state index is 0.243. The topological polar surface area (TPSA) is 20.2 Å². The molecular weight excluding hydrogens is 422 g/mol. The van der Waals surface area contributed by atoms with Gasteiger partial charge in [-0.05, 0) is 64.9 Å². The Balaban J connectivity index is 2.27. The van der Waals surface area contributed by atoms with E-state index in [0.29, 0.717) is 10.0 Å². The summed E-state index contributed by atoms with van der Waals surface area (Å²) < 4.78 is 15.6. The second-order valence-corrected chi connectivity index (χ2v) is 6.85. The molecule has 0 aliphatic rings. The Kier molecular flexibility index (Phi) is 4.63. The lowest BCUT2D eigenvalue weighted by atomic mass is 9.89. The molecule has 0 radical (unpaired) electrons. The summed E-state index contributed by atoms with van der Waals surface area (Å²) in [6.07, 6.45) is 0.243. The molecule has 0 saturated carbocycles. The quantitative estimate of drug-likeness (QED) is 0.697. The molecule has 1 atom stereocenters. The SMILES string of the molecule is CC(O)(Cc1ccc(Br)cc1F)c1ccc(I)cc1. The molecule has 0 saturated heterocycles. The number of rotatable bonds is 3. The van der Waals surface area contributed by atoms with E-state index in [1.807, 2.05) is 24.3 Å². The van der Waals surface area contributed by atoms with Crippen LogP contribution in [0.4, 0.5) is 4.39 Å². The number of hydrogen-bond acceptors (Lipinski definition) is 1. The van der Waals surface area contributed by atoms with E-state index in [-0.39, 0.29) is 12.2 Å². The fraction of sp³-hybridized carbons (Fsp3) is 0.200. The van der Waals surface area contributed by atoms with Gasteiger partial charge in [0.15, 0.2) is 0 Å². The molecule has 19 heavy (non-hydrogen) atoms. The van der Waals surface area contributed by atoms with Crippen LogP contribution in [0.1, 0.15) is 18.1 Å². The van der Waals surface area contributed by atoms with Crippen molar-refractivity contribution in [2.45, 2.75) is 18.9 Å². The highest BCUT2D eigenvalue weighted by Gasteiger charge is 2.24. The third-order valence-corrected chi connectivity index (χ3v) is 4.23. The van der Waals surface area contributed by atoms with Crippen LogP contribution in [0.25, 0.3) is 0 Å². The van der Waals surface area contributed by atoms with Gasteiger partial charge in [0, 0.05) is 14.5 Å². The molecule has 4 heteroatoms. The van der Waals surface area contributed by atoms with Crippen molar-refractivity contribution in [2.75, 3.05) is 0 Å². The molecule has 0 bridgehead atoms. The Bertz CT molecular complexity index is 581. The predicted octanol–water partition coefficient (Wildman–Crippen LogP) is 4.64. The largest absolute Gasteiger partial charge is 0.385 e. The van der Waals surface area contributed by atoms with Crippen LogP contribution in [0.2, 0.25) is 0 Å². The highest BCUT2D eigenvalue weighted by molar-refractivity contribution is 14.1. The van der Waals surface area contributed by atoms with Crippen LogP contribution in [0, 0.1) is 9.39 Å². The normalized spacial score (nSPS) is 14.2. The number of halogens is 3. The second kappa shape index (κ2) is 5.89. The minimum Gasteiger partial charge on any atom is -0.385 e. The van der Waals surface area contributed by atoms with Crippen molar-refractivity contribution in [3.8, 4) is 0 Å². The third kappa shape index (κ3) is 3.77. The van der Waals surface area contributed by atoms with Gasteiger partial charge in [-0.3, -0.25) is 0 Å². The molecule has 0 heterocycles. The number of hydrogen-bond donors (Lipinski definition) is 1. The van der Waals surface area contributed by atoms with Crippen molar-refractivity contribution >= 4 is 38.5 Å². The molecule has 2 rings (SSSR count). The van der Waals surface area contributed by atoms with E-state index < -0.39 is 5.60 Å². The standard InChI is InChI=1S/C15H13BrFIO/c1-15(19,11-3-6-13(18)7-4-11)9-10-2-5-12(16)8-14(10)17/h2-8,19H,9H2,1H3. The van der Waals surface area contributed by atoms with E-state index in [2.05, 4.69) is 38.5 Å². The van der Waals surface area contributed by atoms with Gasteiger partial charge in [-0.1, -0.05) is 34.1 Å². The van der Waals surface area contributed by atoms with Crippen LogP contribution in [-0.2, 0) is 12.0 Å². The van der Waals surface area contributed by atoms with Crippen LogP contribution in [-0.4, -0.2) is 5.11 Å². The average molecular weight is 435 g/mol. The van der Waals surface area contributed by atoms with Gasteiger partial charge < -0.3 is 5.11 Å². The van der Waals surface area contributed by atoms with Gasteiger partial charge in [0.05, 0.1) is 5.60 Å². The molecule has 0 fully saturated rings. The van der Waals surface area contributed by atoms with E-state index in [9.17, 15) is 9.50 Å². The lowest BCUT2D eigenvalue weighted by molar-refractivity contribution is 0.0567. The summed E-state index contributed by atoms with van der Waals surface area (Å²) in [7, 11) is 0. The summed E-state index contributed by atoms with van der Waals surface area (Å²) >= 11 is 5.44. The molecule has 1 unspecified atom stereocenters. The molecule has 1 nitrogen and oxygen atoms in total. The van der Waals surface area contributed by atoms with Crippen molar-refractivity contribution < 1.29 is 9.50 Å². The first-order valence-electron chi connectivity index (χ1n) is 5.81. The van der Waals surface area contributed by atoms with Gasteiger partial charge in [0.25, 0.3) is 0 Å². The molecule has 2 aromatic rings. The first-order chi connectivity index (χ1) is 8.88. The molecule has 2 aromatic carbocycles. The average Bonchev–Trinajstić information content (AvgIpc) is 2.33. The summed E-state index contributed by atoms with van der Waals surface area (Å²) in [6.45, 7) is 1.71. The van der Waals surface area contributed by atoms with Crippen molar-refractivity contribution in [3.05, 3.63) is 67.5 Å². The smallest absolute Gasteiger partial charge is 0.127 e. The number of benzene rings is 2. The molecule has 0 spiro atoms. The Hall–Kier alpha value is -0.460. The van der Waals surface area contributed by atoms with E-state index in [1.165, 1.54) is 6.07 Å². The lowest BCUT2D eigenvalue weighted by Gasteiger charge is -2.24. The van der Waals surface area contributed by atoms with E-state index >= 15 is 0 Å². The monoisotopic (exact) mass is 434 g/mol. The Morgan fingerprint density at radius 1 is 1.21 bits per heavy atom. The fourth-order valence-corrected chi connectivity index (χ4v) is 2.64. The van der Waals surface area contributed by atoms with Crippen molar-refractivity contribution in [3.63, 3.8) is 0 Å². The zero-order chi connectivity index (χ0) is 14.0. The van der Waals surface area contributed by atoms with Crippen LogP contribution >= 0.6 is 38.5 Å². The van der Waals surface area contributed by atoms with Crippen molar-refractivity contribution in [1.82, 2.24) is 0 Å². The highest BCUT2D eigenvalue weighted by atomic mass is 127. The van der Waals surface area contributed by atoms with Gasteiger partial charge in [0.2, 0.25) is 0 Å². The Morgan fingerprint density at radius 3 is 2.42 bits per heavy atom. The number of aliphatic hydroxyl groups is 1. The zero-order valence-electron chi connectivity index (χ0n) is 10.3. The Morgan fingerprint density at radius 2 is 1.84 bits per heavy atom. The second-order valence-electron chi connectivity index (χ2n) is 4.69. The van der Waals surface area contributed by atoms with Gasteiger partial charge in [-0.2, -0.15) is 0 Å². The third-order valence-electron chi connectivity index (χ3n) is 3.02. The first-order valence-corrected chi connectivity index (χ1v) is 7.68. The van der Waals surface area contributed by atoms with Gasteiger partial charge in [0.1, 0.15) is 5.82 Å². The molecule has 100 valence electrons. The van der Waals surface area contributed by atoms with E-state index in [1.54, 1.807) is 19.1 Å². The minimum atomic E-state index is -1.08. The summed E-state index contributed by atoms with van der Waals surface area (Å²) in [5.41, 5.74) is 0.209. The fourth-order valence-electron chi connectivity index (χ4n) is 1.95. The molecule has 0 aliphatic carbocycles. The maximum atomic E-state index is 13.8. The predicted molar refractivity (Wildman–Crippen MR) is 86.5 cm³/mol. The van der Waals surface area contributed by atoms with E-state index in [4.69, 9.17) is 0 Å². The summed E-state index contributed by atoms with van der Waals surface area (Å²) in [4.78, 5) is 0. The van der Waals surface area contributed by atoms with Crippen LogP contribution in [0.15, 0.2) is 46.9 Å². The van der Waals surface area contributed by atoms with Crippen molar-refractivity contribution in [2.24, 2.45) is 0 Å². The van der Waals surface area contributed by atoms with Gasteiger partial charge in [-0.25, -0.2) is 4.39 Å². The van der Waals surface area contributed by atoms with Gasteiger partial charge in [-0.15, -0.1) is 0 Å². The summed E-state index contributed by atoms with van der Waals surface area (Å²) in [5, 5.41) is 10.5. The van der Waals surface area contributed by atoms with E-state index in [0.717, 1.165) is 9.13 Å².